The zero-order valence-corrected chi connectivity index (χ0v) is 22.5. The predicted molar refractivity (Wildman–Crippen MR) is 143 cm³/mol. The summed E-state index contributed by atoms with van der Waals surface area (Å²) in [5.74, 6) is 2.57. The fourth-order valence-corrected chi connectivity index (χ4v) is 6.17. The lowest BCUT2D eigenvalue weighted by atomic mass is 9.89. The second kappa shape index (κ2) is 11.8. The van der Waals surface area contributed by atoms with Crippen molar-refractivity contribution in [1.82, 2.24) is 14.9 Å². The van der Waals surface area contributed by atoms with Crippen molar-refractivity contribution in [2.45, 2.75) is 69.7 Å². The summed E-state index contributed by atoms with van der Waals surface area (Å²) in [5, 5.41) is 4.32. The maximum atomic E-state index is 12.9. The highest BCUT2D eigenvalue weighted by Crippen LogP contribution is 2.33. The number of halogens is 1. The average Bonchev–Trinajstić information content (AvgIpc) is 2.86. The smallest absolute Gasteiger partial charge is 0.227 e. The molecule has 2 fully saturated rings. The van der Waals surface area contributed by atoms with Crippen LogP contribution < -0.4 is 10.2 Å². The molecule has 0 spiro atoms. The first-order chi connectivity index (χ1) is 16.9. The summed E-state index contributed by atoms with van der Waals surface area (Å²) >= 11 is 4.88. The number of likely N-dealkylation sites (tertiary alicyclic amines) is 1. The van der Waals surface area contributed by atoms with Crippen LogP contribution in [0.3, 0.4) is 0 Å². The van der Waals surface area contributed by atoms with Crippen molar-refractivity contribution < 1.29 is 9.35 Å². The molecule has 4 rings (SSSR count). The summed E-state index contributed by atoms with van der Waals surface area (Å²) in [6.07, 6.45) is 4.26. The number of carbonyl (C=O) groups is 1. The molecular weight excluding hydrogens is 482 g/mol. The number of hydrogen-bond acceptors (Lipinski definition) is 6. The number of hydrogen-bond donors (Lipinski definition) is 1. The Morgan fingerprint density at radius 1 is 1.14 bits per heavy atom. The number of aromatic nitrogens is 2. The third kappa shape index (κ3) is 6.22. The van der Waals surface area contributed by atoms with Crippen LogP contribution in [0.4, 0.5) is 11.8 Å². The van der Waals surface area contributed by atoms with Gasteiger partial charge in [-0.25, -0.2) is 4.98 Å². The summed E-state index contributed by atoms with van der Waals surface area (Å²) in [7, 11) is 0. The fraction of sp³-hybridized carbons (Fsp3) is 0.577. The highest BCUT2D eigenvalue weighted by Gasteiger charge is 2.30. The fourth-order valence-electron chi connectivity index (χ4n) is 5.06. The number of rotatable bonds is 8. The number of carbonyl (C=O) groups excluding carboxylic acids is 1. The van der Waals surface area contributed by atoms with Crippen LogP contribution in [0, 0.1) is 6.92 Å². The number of piperidine rings is 2. The van der Waals surface area contributed by atoms with Crippen LogP contribution in [0.25, 0.3) is 0 Å². The Balaban J connectivity index is 1.52. The van der Waals surface area contributed by atoms with E-state index in [1.165, 1.54) is 5.56 Å². The Kier molecular flexibility index (Phi) is 8.78. The van der Waals surface area contributed by atoms with Gasteiger partial charge in [0.05, 0.1) is 0 Å². The molecule has 3 heterocycles. The van der Waals surface area contributed by atoms with Gasteiger partial charge < -0.3 is 19.7 Å². The molecule has 35 heavy (non-hydrogen) atoms. The molecular formula is C26H36ClN5O2S. The van der Waals surface area contributed by atoms with E-state index in [4.69, 9.17) is 21.6 Å². The highest BCUT2D eigenvalue weighted by molar-refractivity contribution is 7.91. The minimum absolute atomic E-state index is 0.0876. The highest BCUT2D eigenvalue weighted by atomic mass is 35.5. The van der Waals surface area contributed by atoms with Crippen LogP contribution >= 0.6 is 11.6 Å². The van der Waals surface area contributed by atoms with Crippen molar-refractivity contribution in [3.05, 3.63) is 40.5 Å². The van der Waals surface area contributed by atoms with E-state index in [0.29, 0.717) is 41.3 Å². The van der Waals surface area contributed by atoms with E-state index in [1.807, 2.05) is 30.9 Å². The number of nitrogens with one attached hydrogen (secondary N) is 1. The molecule has 1 aromatic heterocycles. The Morgan fingerprint density at radius 3 is 2.51 bits per heavy atom. The Hall–Kier alpha value is -2.03. The van der Waals surface area contributed by atoms with E-state index in [0.717, 1.165) is 56.0 Å². The van der Waals surface area contributed by atoms with Crippen molar-refractivity contribution in [3.63, 3.8) is 0 Å². The molecule has 2 aliphatic rings. The van der Waals surface area contributed by atoms with E-state index in [1.54, 1.807) is 0 Å². The number of benzene rings is 1. The normalized spacial score (nSPS) is 20.3. The zero-order valence-electron chi connectivity index (χ0n) is 20.9. The van der Waals surface area contributed by atoms with Gasteiger partial charge in [0, 0.05) is 43.7 Å². The third-order valence-corrected chi connectivity index (χ3v) is 8.69. The van der Waals surface area contributed by atoms with Crippen molar-refractivity contribution >= 4 is 40.5 Å². The molecule has 190 valence electrons. The van der Waals surface area contributed by atoms with E-state index in [2.05, 4.69) is 29.3 Å². The van der Waals surface area contributed by atoms with Gasteiger partial charge in [0.2, 0.25) is 16.8 Å². The van der Waals surface area contributed by atoms with Crippen molar-refractivity contribution in [1.29, 1.82) is 0 Å². The van der Waals surface area contributed by atoms with Gasteiger partial charge in [-0.1, -0.05) is 30.7 Å². The van der Waals surface area contributed by atoms with Crippen LogP contribution in [0.5, 0.6) is 0 Å². The molecule has 2 atom stereocenters. The molecule has 1 N–H and O–H groups in total. The minimum Gasteiger partial charge on any atom is -0.611 e. The first-order valence-corrected chi connectivity index (χ1v) is 14.4. The number of nitrogens with zero attached hydrogens (tertiary/aromatic N) is 4. The molecule has 0 radical (unpaired) electrons. The second-order valence-electron chi connectivity index (χ2n) is 9.45. The van der Waals surface area contributed by atoms with Crippen LogP contribution in [0.2, 0.25) is 5.02 Å². The average molecular weight is 518 g/mol. The maximum absolute atomic E-state index is 12.9. The molecule has 2 aliphatic heterocycles. The number of anilines is 2. The first kappa shape index (κ1) is 26.0. The Morgan fingerprint density at radius 2 is 1.86 bits per heavy atom. The lowest BCUT2D eigenvalue weighted by molar-refractivity contribution is -0.133. The SMILES string of the molecule is CCCN1C[C@@H](Nc2nc(N3CCC(c4ccc(Cl)cc4)CC3)nc(C)c2[S+]([O-])CC)CCC1=O. The van der Waals surface area contributed by atoms with Crippen LogP contribution in [0.15, 0.2) is 29.2 Å². The molecule has 1 amide bonds. The lowest BCUT2D eigenvalue weighted by Crippen LogP contribution is -2.46. The third-order valence-electron chi connectivity index (χ3n) is 6.97. The monoisotopic (exact) mass is 517 g/mol. The predicted octanol–water partition coefficient (Wildman–Crippen LogP) is 4.76. The van der Waals surface area contributed by atoms with E-state index in [9.17, 15) is 9.35 Å². The lowest BCUT2D eigenvalue weighted by Gasteiger charge is -2.34. The van der Waals surface area contributed by atoms with E-state index in [-0.39, 0.29) is 11.9 Å². The molecule has 9 heteroatoms. The second-order valence-corrected chi connectivity index (χ2v) is 11.6. The largest absolute Gasteiger partial charge is 0.611 e. The topological polar surface area (TPSA) is 84.4 Å². The summed E-state index contributed by atoms with van der Waals surface area (Å²) in [4.78, 5) is 26.8. The van der Waals surface area contributed by atoms with Gasteiger partial charge >= 0.3 is 0 Å². The van der Waals surface area contributed by atoms with Gasteiger partial charge in [-0.3, -0.25) is 4.79 Å². The van der Waals surface area contributed by atoms with Crippen LogP contribution in [0.1, 0.15) is 63.1 Å². The van der Waals surface area contributed by atoms with Gasteiger partial charge in [-0.05, 0) is 74.3 Å². The molecule has 1 aromatic carbocycles. The molecule has 7 nitrogen and oxygen atoms in total. The van der Waals surface area contributed by atoms with E-state index < -0.39 is 11.2 Å². The van der Waals surface area contributed by atoms with Crippen molar-refractivity contribution in [2.24, 2.45) is 0 Å². The van der Waals surface area contributed by atoms with Gasteiger partial charge in [-0.15, -0.1) is 0 Å². The Labute approximate surface area is 216 Å². The Bertz CT molecular complexity index is 1010. The zero-order chi connectivity index (χ0) is 24.9. The van der Waals surface area contributed by atoms with Gasteiger partial charge in [-0.2, -0.15) is 4.98 Å². The standard InChI is InChI=1S/C26H36ClN5O2S/c1-4-14-32-17-22(10-11-23(32)33)29-25-24(35(34)5-2)18(3)28-26(30-25)31-15-12-20(13-16-31)19-6-8-21(27)9-7-19/h6-9,20,22H,4-5,10-17H2,1-3H3,(H,28,29,30)/t22-,35?/m0/s1. The van der Waals surface area contributed by atoms with E-state index >= 15 is 0 Å². The molecule has 0 bridgehead atoms. The van der Waals surface area contributed by atoms with Gasteiger partial charge in [0.15, 0.2) is 5.82 Å². The van der Waals surface area contributed by atoms with Crippen molar-refractivity contribution in [3.8, 4) is 0 Å². The molecule has 2 saturated heterocycles. The van der Waals surface area contributed by atoms with Gasteiger partial charge in [0.25, 0.3) is 0 Å². The quantitative estimate of drug-likeness (QED) is 0.508. The molecule has 2 aromatic rings. The summed E-state index contributed by atoms with van der Waals surface area (Å²) in [6, 6.07) is 8.25. The summed E-state index contributed by atoms with van der Waals surface area (Å²) in [6.45, 7) is 9.07. The molecule has 0 saturated carbocycles. The first-order valence-electron chi connectivity index (χ1n) is 12.7. The summed E-state index contributed by atoms with van der Waals surface area (Å²) in [5.41, 5.74) is 2.08. The van der Waals surface area contributed by atoms with Crippen molar-refractivity contribution in [2.75, 3.05) is 42.1 Å². The van der Waals surface area contributed by atoms with Crippen LogP contribution in [-0.2, 0) is 16.0 Å². The van der Waals surface area contributed by atoms with Crippen LogP contribution in [-0.4, -0.2) is 63.3 Å². The number of amides is 1. The minimum atomic E-state index is -1.18. The molecule has 0 aliphatic carbocycles. The maximum Gasteiger partial charge on any atom is 0.227 e. The van der Waals surface area contributed by atoms with Gasteiger partial charge in [0.1, 0.15) is 11.4 Å². The number of aryl methyl sites for hydroxylation is 1. The molecule has 1 unspecified atom stereocenters. The summed E-state index contributed by atoms with van der Waals surface area (Å²) < 4.78 is 12.9.